The van der Waals surface area contributed by atoms with Crippen molar-refractivity contribution in [3.63, 3.8) is 0 Å². The van der Waals surface area contributed by atoms with Crippen LogP contribution < -0.4 is 25.4 Å². The minimum Gasteiger partial charge on any atom is -0.490 e. The number of nitrogens with one attached hydrogen (secondary N) is 3. The van der Waals surface area contributed by atoms with E-state index in [2.05, 4.69) is 27.0 Å². The summed E-state index contributed by atoms with van der Waals surface area (Å²) in [6.07, 6.45) is 1.64. The van der Waals surface area contributed by atoms with Gasteiger partial charge in [-0.05, 0) is 56.5 Å². The van der Waals surface area contributed by atoms with Crippen molar-refractivity contribution < 1.29 is 14.3 Å². The molecule has 0 aliphatic rings. The maximum Gasteiger partial charge on any atom is 0.251 e. The van der Waals surface area contributed by atoms with Crippen molar-refractivity contribution >= 4 is 11.9 Å². The van der Waals surface area contributed by atoms with Crippen LogP contribution in [0.2, 0.25) is 0 Å². The summed E-state index contributed by atoms with van der Waals surface area (Å²) in [5.41, 5.74) is 1.84. The molecule has 2 rings (SSSR count). The van der Waals surface area contributed by atoms with Crippen molar-refractivity contribution in [1.29, 1.82) is 0 Å². The van der Waals surface area contributed by atoms with Crippen LogP contribution >= 0.6 is 0 Å². The second kappa shape index (κ2) is 13.9. The Balaban J connectivity index is 1.68. The lowest BCUT2D eigenvalue weighted by molar-refractivity contribution is 0.0953. The normalized spacial score (nSPS) is 11.0. The van der Waals surface area contributed by atoms with Crippen LogP contribution in [-0.4, -0.2) is 51.8 Å². The Morgan fingerprint density at radius 3 is 2.26 bits per heavy atom. The lowest BCUT2D eigenvalue weighted by Crippen LogP contribution is -2.39. The molecule has 2 aromatic carbocycles. The summed E-state index contributed by atoms with van der Waals surface area (Å²) in [6, 6.07) is 15.3. The van der Waals surface area contributed by atoms with E-state index in [4.69, 9.17) is 9.47 Å². The van der Waals surface area contributed by atoms with Crippen LogP contribution in [0.3, 0.4) is 0 Å². The highest BCUT2D eigenvalue weighted by molar-refractivity contribution is 5.94. The van der Waals surface area contributed by atoms with E-state index in [0.717, 1.165) is 36.8 Å². The third-order valence-electron chi connectivity index (χ3n) is 4.51. The molecule has 0 spiro atoms. The summed E-state index contributed by atoms with van der Waals surface area (Å²) in [6.45, 7) is 7.19. The van der Waals surface area contributed by atoms with Gasteiger partial charge in [0.25, 0.3) is 5.91 Å². The van der Waals surface area contributed by atoms with E-state index in [0.29, 0.717) is 31.9 Å². The first-order chi connectivity index (χ1) is 15.2. The van der Waals surface area contributed by atoms with Crippen molar-refractivity contribution in [3.05, 3.63) is 59.7 Å². The Kier molecular flexibility index (Phi) is 10.8. The monoisotopic (exact) mass is 426 g/mol. The van der Waals surface area contributed by atoms with Gasteiger partial charge in [0.2, 0.25) is 0 Å². The molecule has 0 radical (unpaired) electrons. The smallest absolute Gasteiger partial charge is 0.251 e. The number of hydrogen-bond acceptors (Lipinski definition) is 4. The van der Waals surface area contributed by atoms with Gasteiger partial charge >= 0.3 is 0 Å². The second-order valence-electron chi connectivity index (χ2n) is 6.80. The van der Waals surface area contributed by atoms with E-state index in [1.165, 1.54) is 5.56 Å². The van der Waals surface area contributed by atoms with Gasteiger partial charge in [0.1, 0.15) is 0 Å². The summed E-state index contributed by atoms with van der Waals surface area (Å²) in [5, 5.41) is 9.51. The molecule has 7 heteroatoms. The predicted molar refractivity (Wildman–Crippen MR) is 125 cm³/mol. The highest BCUT2D eigenvalue weighted by Crippen LogP contribution is 2.28. The third-order valence-corrected chi connectivity index (χ3v) is 4.51. The van der Waals surface area contributed by atoms with E-state index in [1.54, 1.807) is 19.2 Å². The van der Waals surface area contributed by atoms with Crippen LogP contribution in [0.5, 0.6) is 11.5 Å². The molecule has 0 unspecified atom stereocenters. The zero-order valence-corrected chi connectivity index (χ0v) is 18.7. The largest absolute Gasteiger partial charge is 0.490 e. The van der Waals surface area contributed by atoms with Crippen molar-refractivity contribution in [2.75, 3.05) is 39.9 Å². The van der Waals surface area contributed by atoms with Gasteiger partial charge in [-0.2, -0.15) is 0 Å². The number of hydrogen-bond donors (Lipinski definition) is 3. The number of guanidine groups is 1. The number of carbonyl (C=O) groups excluding carboxylic acids is 1. The Morgan fingerprint density at radius 2 is 1.55 bits per heavy atom. The Morgan fingerprint density at radius 1 is 0.871 bits per heavy atom. The van der Waals surface area contributed by atoms with Crippen molar-refractivity contribution in [2.24, 2.45) is 4.99 Å². The molecule has 0 bridgehead atoms. The van der Waals surface area contributed by atoms with Gasteiger partial charge < -0.3 is 25.4 Å². The van der Waals surface area contributed by atoms with Gasteiger partial charge in [0, 0.05) is 32.2 Å². The number of ether oxygens (including phenoxy) is 2. The average molecular weight is 427 g/mol. The van der Waals surface area contributed by atoms with Gasteiger partial charge in [0.15, 0.2) is 17.5 Å². The van der Waals surface area contributed by atoms with E-state index < -0.39 is 0 Å². The van der Waals surface area contributed by atoms with Crippen LogP contribution in [0.4, 0.5) is 0 Å². The van der Waals surface area contributed by atoms with Gasteiger partial charge in [0.05, 0.1) is 13.2 Å². The van der Waals surface area contributed by atoms with E-state index in [9.17, 15) is 4.79 Å². The Hall–Kier alpha value is -3.22. The van der Waals surface area contributed by atoms with Crippen LogP contribution in [0.15, 0.2) is 53.5 Å². The first kappa shape index (κ1) is 24.1. The van der Waals surface area contributed by atoms with Gasteiger partial charge in [-0.15, -0.1) is 0 Å². The first-order valence-corrected chi connectivity index (χ1v) is 10.8. The van der Waals surface area contributed by atoms with Crippen molar-refractivity contribution in [2.45, 2.75) is 26.7 Å². The maximum atomic E-state index is 12.0. The molecule has 0 fully saturated rings. The topological polar surface area (TPSA) is 84.0 Å². The lowest BCUT2D eigenvalue weighted by atomic mass is 10.1. The summed E-state index contributed by atoms with van der Waals surface area (Å²) in [5.74, 6) is 2.25. The molecule has 0 saturated heterocycles. The Bertz CT molecular complexity index is 825. The molecular weight excluding hydrogens is 392 g/mol. The summed E-state index contributed by atoms with van der Waals surface area (Å²) >= 11 is 0. The molecule has 168 valence electrons. The summed E-state index contributed by atoms with van der Waals surface area (Å²) in [4.78, 5) is 16.3. The molecule has 0 saturated carbocycles. The van der Waals surface area contributed by atoms with Crippen LogP contribution in [-0.2, 0) is 6.42 Å². The highest BCUT2D eigenvalue weighted by atomic mass is 16.5. The second-order valence-corrected chi connectivity index (χ2v) is 6.80. The molecule has 0 atom stereocenters. The van der Waals surface area contributed by atoms with Gasteiger partial charge in [-0.3, -0.25) is 9.79 Å². The SMILES string of the molecule is CCOc1ccc(CCNC(=NC)NCCCNC(=O)c2ccccc2)cc1OCC. The van der Waals surface area contributed by atoms with Crippen LogP contribution in [0.1, 0.15) is 36.2 Å². The number of nitrogens with zero attached hydrogens (tertiary/aromatic N) is 1. The number of rotatable bonds is 12. The number of amides is 1. The fourth-order valence-electron chi connectivity index (χ4n) is 2.99. The molecule has 7 nitrogen and oxygen atoms in total. The molecule has 0 aromatic heterocycles. The number of carbonyl (C=O) groups is 1. The minimum atomic E-state index is -0.0510. The molecule has 1 amide bonds. The zero-order valence-electron chi connectivity index (χ0n) is 18.7. The van der Waals surface area contributed by atoms with Crippen molar-refractivity contribution in [3.8, 4) is 11.5 Å². The van der Waals surface area contributed by atoms with Crippen LogP contribution in [0, 0.1) is 0 Å². The average Bonchev–Trinajstić information content (AvgIpc) is 2.80. The first-order valence-electron chi connectivity index (χ1n) is 10.8. The fourth-order valence-corrected chi connectivity index (χ4v) is 2.99. The Labute approximate surface area is 185 Å². The van der Waals surface area contributed by atoms with Gasteiger partial charge in [-0.25, -0.2) is 0 Å². The third kappa shape index (κ3) is 8.58. The molecule has 3 N–H and O–H groups in total. The van der Waals surface area contributed by atoms with Crippen molar-refractivity contribution in [1.82, 2.24) is 16.0 Å². The minimum absolute atomic E-state index is 0.0510. The lowest BCUT2D eigenvalue weighted by Gasteiger charge is -2.14. The standard InChI is InChI=1S/C24H34N4O3/c1-4-30-21-13-12-19(18-22(21)31-5-2)14-17-28-24(25-3)27-16-9-15-26-23(29)20-10-7-6-8-11-20/h6-8,10-13,18H,4-5,9,14-17H2,1-3H3,(H,26,29)(H2,25,27,28). The van der Waals surface area contributed by atoms with Gasteiger partial charge in [-0.1, -0.05) is 24.3 Å². The predicted octanol–water partition coefficient (Wildman–Crippen LogP) is 3.01. The molecule has 31 heavy (non-hydrogen) atoms. The fraction of sp³-hybridized carbons (Fsp3) is 0.417. The quantitative estimate of drug-likeness (QED) is 0.276. The molecule has 0 aliphatic heterocycles. The van der Waals surface area contributed by atoms with E-state index >= 15 is 0 Å². The zero-order chi connectivity index (χ0) is 22.3. The number of benzene rings is 2. The van der Waals surface area contributed by atoms with E-state index in [1.807, 2.05) is 44.2 Å². The van der Waals surface area contributed by atoms with E-state index in [-0.39, 0.29) is 5.91 Å². The number of aliphatic imine (C=N–C) groups is 1. The summed E-state index contributed by atoms with van der Waals surface area (Å²) in [7, 11) is 1.75. The highest BCUT2D eigenvalue weighted by Gasteiger charge is 2.07. The molecular formula is C24H34N4O3. The summed E-state index contributed by atoms with van der Waals surface area (Å²) < 4.78 is 11.3. The molecule has 0 heterocycles. The molecule has 2 aromatic rings. The maximum absolute atomic E-state index is 12.0. The molecule has 0 aliphatic carbocycles. The van der Waals surface area contributed by atoms with Crippen LogP contribution in [0.25, 0.3) is 0 Å².